The monoisotopic (exact) mass is 585 g/mol. The van der Waals surface area contributed by atoms with E-state index in [1.165, 1.54) is 19.3 Å². The van der Waals surface area contributed by atoms with Gasteiger partial charge in [0.2, 0.25) is 11.8 Å². The van der Waals surface area contributed by atoms with Gasteiger partial charge in [-0.3, -0.25) is 4.79 Å². The van der Waals surface area contributed by atoms with Crippen LogP contribution in [0.4, 0.5) is 5.95 Å². The number of halogens is 2. The van der Waals surface area contributed by atoms with Gasteiger partial charge in [-0.1, -0.05) is 41.4 Å². The minimum Gasteiger partial charge on any atom is -0.438 e. The maximum Gasteiger partial charge on any atom is 0.258 e. The second-order valence-electron chi connectivity index (χ2n) is 10.1. The third-order valence-electron chi connectivity index (χ3n) is 6.79. The third-order valence-corrected chi connectivity index (χ3v) is 7.22. The van der Waals surface area contributed by atoms with Crippen molar-refractivity contribution in [2.24, 2.45) is 0 Å². The Hall–Kier alpha value is -2.95. The van der Waals surface area contributed by atoms with Gasteiger partial charge in [0.05, 0.1) is 0 Å². The lowest BCUT2D eigenvalue weighted by molar-refractivity contribution is 0.0947. The minimum absolute atomic E-state index is 0.217. The van der Waals surface area contributed by atoms with Crippen molar-refractivity contribution in [2.75, 3.05) is 71.4 Å². The summed E-state index contributed by atoms with van der Waals surface area (Å²) in [6.45, 7) is 10.4. The molecule has 9 nitrogen and oxygen atoms in total. The maximum absolute atomic E-state index is 13.1. The van der Waals surface area contributed by atoms with E-state index in [9.17, 15) is 4.79 Å². The molecule has 1 aromatic heterocycles. The van der Waals surface area contributed by atoms with Crippen molar-refractivity contribution in [3.8, 4) is 11.6 Å². The summed E-state index contributed by atoms with van der Waals surface area (Å²) >= 11 is 12.1. The van der Waals surface area contributed by atoms with E-state index in [-0.39, 0.29) is 23.9 Å². The number of piperazine rings is 2. The number of aromatic nitrogens is 2. The van der Waals surface area contributed by atoms with Crippen molar-refractivity contribution in [1.82, 2.24) is 30.4 Å². The van der Waals surface area contributed by atoms with Crippen LogP contribution >= 0.6 is 23.2 Å². The lowest BCUT2D eigenvalue weighted by atomic mass is 10.2. The summed E-state index contributed by atoms with van der Waals surface area (Å²) in [5, 5.41) is 7.17. The number of anilines is 1. The fraction of sp³-hybridized carbons (Fsp3) is 0.414. The molecular weight excluding hydrogens is 549 g/mol. The molecule has 0 atom stereocenters. The first-order valence-corrected chi connectivity index (χ1v) is 14.2. The van der Waals surface area contributed by atoms with Gasteiger partial charge in [0.15, 0.2) is 0 Å². The zero-order chi connectivity index (χ0) is 28.5. The van der Waals surface area contributed by atoms with Crippen LogP contribution in [-0.2, 0) is 6.54 Å². The van der Waals surface area contributed by atoms with Crippen molar-refractivity contribution >= 4 is 35.1 Å². The number of nitrogens with one attached hydrogen (secondary N) is 2. The van der Waals surface area contributed by atoms with Crippen LogP contribution in [0.25, 0.3) is 0 Å². The smallest absolute Gasteiger partial charge is 0.258 e. The number of nitrogens with zero attached hydrogens (tertiary/aromatic N) is 5. The largest absolute Gasteiger partial charge is 0.438 e. The summed E-state index contributed by atoms with van der Waals surface area (Å²) in [6, 6.07) is 12.8. The number of amides is 1. The molecule has 2 N–H and O–H groups in total. The van der Waals surface area contributed by atoms with Crippen LogP contribution in [0.5, 0.6) is 11.6 Å². The van der Waals surface area contributed by atoms with E-state index in [0.717, 1.165) is 50.4 Å². The second-order valence-corrected chi connectivity index (χ2v) is 10.9. The molecule has 5 rings (SSSR count). The van der Waals surface area contributed by atoms with Crippen LogP contribution in [-0.4, -0.2) is 92.1 Å². The van der Waals surface area contributed by atoms with Gasteiger partial charge in [0, 0.05) is 75.1 Å². The Bertz CT molecular complexity index is 1260. The summed E-state index contributed by atoms with van der Waals surface area (Å²) in [5.74, 6) is 1.05. The molecule has 3 aromatic rings. The van der Waals surface area contributed by atoms with Gasteiger partial charge in [0.1, 0.15) is 11.3 Å². The van der Waals surface area contributed by atoms with Crippen molar-refractivity contribution in [3.05, 3.63) is 75.4 Å². The molecule has 0 spiro atoms. The molecule has 2 fully saturated rings. The summed E-state index contributed by atoms with van der Waals surface area (Å²) in [6.07, 6.45) is 1.52. The molecule has 0 bridgehead atoms. The molecule has 2 saturated heterocycles. The third kappa shape index (κ3) is 8.78. The van der Waals surface area contributed by atoms with Gasteiger partial charge in [0.25, 0.3) is 5.91 Å². The summed E-state index contributed by atoms with van der Waals surface area (Å²) < 4.78 is 6.11. The van der Waals surface area contributed by atoms with Crippen LogP contribution in [0.2, 0.25) is 10.0 Å². The molecular formula is C29H37Cl2N7O2. The standard InChI is InChI=1S/C24H25Cl2N5O2.C5H12N2/c1-16-5-3-4-6-21(16)33-23-20(15-28-24(29-23)31-9-7-30(2)8-10-31)22(32)27-14-17-11-18(25)13-19(26)12-17;1-7-4-2-6-3-5-7/h3-6,11-13,15H,7-10,14H2,1-2H3,(H,27,32);6H,2-5H2,1H3. The van der Waals surface area contributed by atoms with Crippen molar-refractivity contribution in [2.45, 2.75) is 13.5 Å². The van der Waals surface area contributed by atoms with Crippen LogP contribution in [0, 0.1) is 6.92 Å². The van der Waals surface area contributed by atoms with Crippen molar-refractivity contribution in [3.63, 3.8) is 0 Å². The van der Waals surface area contributed by atoms with Gasteiger partial charge in [-0.15, -0.1) is 0 Å². The van der Waals surface area contributed by atoms with E-state index >= 15 is 0 Å². The minimum atomic E-state index is -0.348. The lowest BCUT2D eigenvalue weighted by Crippen LogP contribution is -2.45. The molecule has 0 radical (unpaired) electrons. The number of carbonyl (C=O) groups is 1. The molecule has 3 heterocycles. The van der Waals surface area contributed by atoms with Crippen LogP contribution < -0.4 is 20.3 Å². The normalized spacial score (nSPS) is 16.2. The molecule has 1 amide bonds. The predicted molar refractivity (Wildman–Crippen MR) is 161 cm³/mol. The van der Waals surface area contributed by atoms with E-state index in [0.29, 0.717) is 21.7 Å². The lowest BCUT2D eigenvalue weighted by Gasteiger charge is -2.32. The highest BCUT2D eigenvalue weighted by Gasteiger charge is 2.22. The van der Waals surface area contributed by atoms with E-state index < -0.39 is 0 Å². The average Bonchev–Trinajstić information content (AvgIpc) is 2.94. The van der Waals surface area contributed by atoms with Crippen LogP contribution in [0.3, 0.4) is 0 Å². The Morgan fingerprint density at radius 2 is 1.62 bits per heavy atom. The number of hydrogen-bond donors (Lipinski definition) is 2. The highest BCUT2D eigenvalue weighted by atomic mass is 35.5. The van der Waals surface area contributed by atoms with E-state index in [2.05, 4.69) is 49.4 Å². The first-order valence-electron chi connectivity index (χ1n) is 13.4. The number of ether oxygens (including phenoxy) is 1. The molecule has 0 aliphatic carbocycles. The fourth-order valence-corrected chi connectivity index (χ4v) is 4.86. The number of para-hydroxylation sites is 1. The Balaban J connectivity index is 0.000000461. The number of rotatable bonds is 6. The predicted octanol–water partition coefficient (Wildman–Crippen LogP) is 4.09. The summed E-state index contributed by atoms with van der Waals surface area (Å²) in [7, 11) is 4.24. The zero-order valence-electron chi connectivity index (χ0n) is 23.3. The van der Waals surface area contributed by atoms with E-state index in [1.807, 2.05) is 31.2 Å². The number of hydrogen-bond acceptors (Lipinski definition) is 8. The summed E-state index contributed by atoms with van der Waals surface area (Å²) in [4.78, 5) is 28.8. The molecule has 40 heavy (non-hydrogen) atoms. The molecule has 214 valence electrons. The van der Waals surface area contributed by atoms with E-state index in [4.69, 9.17) is 27.9 Å². The van der Waals surface area contributed by atoms with Gasteiger partial charge >= 0.3 is 0 Å². The fourth-order valence-electron chi connectivity index (χ4n) is 4.29. The Morgan fingerprint density at radius 3 is 2.25 bits per heavy atom. The molecule has 2 aromatic carbocycles. The highest BCUT2D eigenvalue weighted by Crippen LogP contribution is 2.28. The average molecular weight is 587 g/mol. The maximum atomic E-state index is 13.1. The van der Waals surface area contributed by atoms with Gasteiger partial charge in [-0.05, 0) is 56.4 Å². The topological polar surface area (TPSA) is 85.9 Å². The number of carbonyl (C=O) groups excluding carboxylic acids is 1. The highest BCUT2D eigenvalue weighted by molar-refractivity contribution is 6.34. The SMILES string of the molecule is CN1CCNCC1.Cc1ccccc1Oc1nc(N2CCN(C)CC2)ncc1C(=O)NCc1cc(Cl)cc(Cl)c1. The Morgan fingerprint density at radius 1 is 0.975 bits per heavy atom. The quantitative estimate of drug-likeness (QED) is 0.447. The first-order chi connectivity index (χ1) is 19.3. The van der Waals surface area contributed by atoms with E-state index in [1.54, 1.807) is 18.2 Å². The number of benzene rings is 2. The summed E-state index contributed by atoms with van der Waals surface area (Å²) in [5.41, 5.74) is 1.98. The second kappa shape index (κ2) is 14.6. The molecule has 0 unspecified atom stereocenters. The van der Waals surface area contributed by atoms with Crippen LogP contribution in [0.15, 0.2) is 48.7 Å². The number of likely N-dealkylation sites (N-methyl/N-ethyl adjacent to an activating group) is 2. The van der Waals surface area contributed by atoms with Gasteiger partial charge < -0.3 is 30.1 Å². The number of aryl methyl sites for hydroxylation is 1. The molecule has 2 aliphatic heterocycles. The first kappa shape index (κ1) is 30.0. The Kier molecular flexibility index (Phi) is 11.0. The van der Waals surface area contributed by atoms with Crippen molar-refractivity contribution < 1.29 is 9.53 Å². The molecule has 11 heteroatoms. The zero-order valence-corrected chi connectivity index (χ0v) is 24.8. The van der Waals surface area contributed by atoms with Crippen molar-refractivity contribution in [1.29, 1.82) is 0 Å². The van der Waals surface area contributed by atoms with Crippen LogP contribution in [0.1, 0.15) is 21.5 Å². The Labute approximate surface area is 246 Å². The molecule has 0 saturated carbocycles. The van der Waals surface area contributed by atoms with Gasteiger partial charge in [-0.2, -0.15) is 4.98 Å². The molecule has 2 aliphatic rings. The van der Waals surface area contributed by atoms with Gasteiger partial charge in [-0.25, -0.2) is 4.98 Å².